The van der Waals surface area contributed by atoms with Crippen molar-refractivity contribution in [3.63, 3.8) is 0 Å². The van der Waals surface area contributed by atoms with Gasteiger partial charge in [-0.2, -0.15) is 10.5 Å². The van der Waals surface area contributed by atoms with Crippen LogP contribution in [0.5, 0.6) is 0 Å². The SMILES string of the molecule is N#Cc1ccc(CC(N)C#N)c(F)c1. The van der Waals surface area contributed by atoms with Crippen LogP contribution in [0.2, 0.25) is 0 Å². The Morgan fingerprint density at radius 3 is 2.64 bits per heavy atom. The topological polar surface area (TPSA) is 73.6 Å². The zero-order valence-electron chi connectivity index (χ0n) is 7.37. The Hall–Kier alpha value is -1.91. The highest BCUT2D eigenvalue weighted by Gasteiger charge is 2.07. The molecule has 0 aromatic heterocycles. The summed E-state index contributed by atoms with van der Waals surface area (Å²) in [6.45, 7) is 0. The van der Waals surface area contributed by atoms with Gasteiger partial charge in [0.1, 0.15) is 5.82 Å². The van der Waals surface area contributed by atoms with Gasteiger partial charge in [0.15, 0.2) is 0 Å². The van der Waals surface area contributed by atoms with Gasteiger partial charge >= 0.3 is 0 Å². The van der Waals surface area contributed by atoms with E-state index >= 15 is 0 Å². The molecule has 1 rings (SSSR count). The van der Waals surface area contributed by atoms with E-state index in [1.807, 2.05) is 12.1 Å². The number of hydrogen-bond acceptors (Lipinski definition) is 3. The quantitative estimate of drug-likeness (QED) is 0.756. The summed E-state index contributed by atoms with van der Waals surface area (Å²) in [5.41, 5.74) is 5.97. The van der Waals surface area contributed by atoms with Crippen LogP contribution in [0.1, 0.15) is 11.1 Å². The van der Waals surface area contributed by atoms with Crippen molar-refractivity contribution in [1.82, 2.24) is 0 Å². The van der Waals surface area contributed by atoms with Gasteiger partial charge in [0, 0.05) is 6.42 Å². The van der Waals surface area contributed by atoms with Crippen LogP contribution < -0.4 is 5.73 Å². The lowest BCUT2D eigenvalue weighted by Crippen LogP contribution is -2.20. The van der Waals surface area contributed by atoms with Gasteiger partial charge in [-0.25, -0.2) is 4.39 Å². The Bertz CT molecular complexity index is 414. The highest BCUT2D eigenvalue weighted by atomic mass is 19.1. The molecular weight excluding hydrogens is 181 g/mol. The van der Waals surface area contributed by atoms with E-state index in [-0.39, 0.29) is 12.0 Å². The minimum Gasteiger partial charge on any atom is -0.316 e. The maximum Gasteiger partial charge on any atom is 0.127 e. The Morgan fingerprint density at radius 1 is 1.43 bits per heavy atom. The molecule has 1 atom stereocenters. The largest absolute Gasteiger partial charge is 0.316 e. The number of nitrogens with two attached hydrogens (primary N) is 1. The molecule has 0 aliphatic heterocycles. The predicted molar refractivity (Wildman–Crippen MR) is 48.4 cm³/mol. The number of hydrogen-bond donors (Lipinski definition) is 1. The molecule has 3 nitrogen and oxygen atoms in total. The van der Waals surface area contributed by atoms with Crippen LogP contribution in [0, 0.1) is 28.5 Å². The van der Waals surface area contributed by atoms with E-state index in [9.17, 15) is 4.39 Å². The summed E-state index contributed by atoms with van der Waals surface area (Å²) in [5, 5.41) is 16.9. The molecule has 1 unspecified atom stereocenters. The van der Waals surface area contributed by atoms with Crippen molar-refractivity contribution in [2.24, 2.45) is 5.73 Å². The molecule has 2 N–H and O–H groups in total. The molecule has 0 aliphatic carbocycles. The fourth-order valence-corrected chi connectivity index (χ4v) is 1.06. The average molecular weight is 189 g/mol. The second-order valence-corrected chi connectivity index (χ2v) is 2.86. The van der Waals surface area contributed by atoms with Crippen LogP contribution in [0.4, 0.5) is 4.39 Å². The predicted octanol–water partition coefficient (Wildman–Crippen LogP) is 1.09. The first kappa shape index (κ1) is 10.2. The summed E-state index contributed by atoms with van der Waals surface area (Å²) in [6.07, 6.45) is 0.161. The van der Waals surface area contributed by atoms with E-state index < -0.39 is 11.9 Å². The molecule has 0 saturated carbocycles. The summed E-state index contributed by atoms with van der Waals surface area (Å²) in [4.78, 5) is 0. The van der Waals surface area contributed by atoms with Gasteiger partial charge in [0.05, 0.1) is 23.7 Å². The molecule has 0 heterocycles. The van der Waals surface area contributed by atoms with Gasteiger partial charge in [-0.3, -0.25) is 0 Å². The van der Waals surface area contributed by atoms with Gasteiger partial charge in [-0.15, -0.1) is 0 Å². The third-order valence-corrected chi connectivity index (χ3v) is 1.79. The van der Waals surface area contributed by atoms with Gasteiger partial charge in [0.25, 0.3) is 0 Å². The molecule has 1 aromatic rings. The molecule has 0 saturated heterocycles. The van der Waals surface area contributed by atoms with Crippen molar-refractivity contribution in [3.8, 4) is 12.1 Å². The van der Waals surface area contributed by atoms with Crippen molar-refractivity contribution in [2.75, 3.05) is 0 Å². The smallest absolute Gasteiger partial charge is 0.127 e. The van der Waals surface area contributed by atoms with Crippen molar-refractivity contribution >= 4 is 0 Å². The van der Waals surface area contributed by atoms with Crippen LogP contribution in [0.25, 0.3) is 0 Å². The van der Waals surface area contributed by atoms with E-state index in [4.69, 9.17) is 16.3 Å². The van der Waals surface area contributed by atoms with E-state index in [1.165, 1.54) is 12.1 Å². The second-order valence-electron chi connectivity index (χ2n) is 2.86. The number of nitriles is 2. The Labute approximate surface area is 81.2 Å². The maximum atomic E-state index is 13.2. The van der Waals surface area contributed by atoms with Crippen molar-refractivity contribution < 1.29 is 4.39 Å². The Kier molecular flexibility index (Phi) is 3.17. The average Bonchev–Trinajstić information content (AvgIpc) is 2.20. The first-order chi connectivity index (χ1) is 6.67. The van der Waals surface area contributed by atoms with E-state index in [0.717, 1.165) is 6.07 Å². The summed E-state index contributed by atoms with van der Waals surface area (Å²) in [6, 6.07) is 7.05. The van der Waals surface area contributed by atoms with Crippen LogP contribution in [-0.4, -0.2) is 6.04 Å². The summed E-state index contributed by atoms with van der Waals surface area (Å²) >= 11 is 0. The molecule has 14 heavy (non-hydrogen) atoms. The zero-order chi connectivity index (χ0) is 10.6. The van der Waals surface area contributed by atoms with Crippen LogP contribution >= 0.6 is 0 Å². The lowest BCUT2D eigenvalue weighted by Gasteiger charge is -2.04. The monoisotopic (exact) mass is 189 g/mol. The highest BCUT2D eigenvalue weighted by molar-refractivity contribution is 5.33. The van der Waals surface area contributed by atoms with Crippen molar-refractivity contribution in [1.29, 1.82) is 10.5 Å². The molecule has 0 fully saturated rings. The van der Waals surface area contributed by atoms with Gasteiger partial charge in [-0.1, -0.05) is 6.07 Å². The highest BCUT2D eigenvalue weighted by Crippen LogP contribution is 2.11. The number of benzene rings is 1. The Balaban J connectivity index is 2.92. The van der Waals surface area contributed by atoms with Gasteiger partial charge in [0.2, 0.25) is 0 Å². The number of rotatable bonds is 2. The van der Waals surface area contributed by atoms with E-state index in [2.05, 4.69) is 0 Å². The minimum absolute atomic E-state index is 0.161. The van der Waals surface area contributed by atoms with Crippen LogP contribution in [0.3, 0.4) is 0 Å². The summed E-state index contributed by atoms with van der Waals surface area (Å²) < 4.78 is 13.2. The van der Waals surface area contributed by atoms with E-state index in [0.29, 0.717) is 5.56 Å². The maximum absolute atomic E-state index is 13.2. The number of nitrogens with zero attached hydrogens (tertiary/aromatic N) is 2. The lowest BCUT2D eigenvalue weighted by molar-refractivity contribution is 0.603. The molecule has 1 aromatic carbocycles. The molecule has 0 aliphatic rings. The van der Waals surface area contributed by atoms with Crippen molar-refractivity contribution in [2.45, 2.75) is 12.5 Å². The molecule has 4 heteroatoms. The standard InChI is InChI=1S/C10H8FN3/c11-10-3-7(5-12)1-2-8(10)4-9(14)6-13/h1-3,9H,4,14H2. The van der Waals surface area contributed by atoms with Crippen molar-refractivity contribution in [3.05, 3.63) is 35.1 Å². The molecule has 70 valence electrons. The fourth-order valence-electron chi connectivity index (χ4n) is 1.06. The zero-order valence-corrected chi connectivity index (χ0v) is 7.37. The first-order valence-corrected chi connectivity index (χ1v) is 4.01. The molecule has 0 amide bonds. The third kappa shape index (κ3) is 2.29. The van der Waals surface area contributed by atoms with Crippen LogP contribution in [0.15, 0.2) is 18.2 Å². The van der Waals surface area contributed by atoms with Gasteiger partial charge < -0.3 is 5.73 Å². The minimum atomic E-state index is -0.711. The molecule has 0 bridgehead atoms. The normalized spacial score (nSPS) is 11.4. The molecule has 0 spiro atoms. The molecular formula is C10H8FN3. The second kappa shape index (κ2) is 4.36. The Morgan fingerprint density at radius 2 is 2.14 bits per heavy atom. The van der Waals surface area contributed by atoms with Crippen LogP contribution in [-0.2, 0) is 6.42 Å². The van der Waals surface area contributed by atoms with E-state index in [1.54, 1.807) is 0 Å². The first-order valence-electron chi connectivity index (χ1n) is 4.01. The number of halogens is 1. The fraction of sp³-hybridized carbons (Fsp3) is 0.200. The summed E-state index contributed by atoms with van der Waals surface area (Å²) in [7, 11) is 0. The van der Waals surface area contributed by atoms with Gasteiger partial charge in [-0.05, 0) is 17.7 Å². The lowest BCUT2D eigenvalue weighted by atomic mass is 10.1. The summed E-state index contributed by atoms with van der Waals surface area (Å²) in [5.74, 6) is -0.491. The molecule has 0 radical (unpaired) electrons. The third-order valence-electron chi connectivity index (χ3n) is 1.79.